The number of fused-ring (bicyclic) bond motifs is 3. The van der Waals surface area contributed by atoms with Crippen molar-refractivity contribution >= 4 is 17.1 Å². The quantitative estimate of drug-likeness (QED) is 0.489. The van der Waals surface area contributed by atoms with E-state index in [2.05, 4.69) is 10.1 Å². The van der Waals surface area contributed by atoms with Gasteiger partial charge in [0.15, 0.2) is 17.3 Å². The molecule has 0 fully saturated rings. The Labute approximate surface area is 184 Å². The van der Waals surface area contributed by atoms with E-state index in [1.165, 1.54) is 0 Å². The Morgan fingerprint density at radius 3 is 2.72 bits per heavy atom. The number of nitrogens with zero attached hydrogens (tertiary/aromatic N) is 5. The van der Waals surface area contributed by atoms with Gasteiger partial charge in [-0.05, 0) is 42.8 Å². The molecule has 3 aromatic heterocycles. The summed E-state index contributed by atoms with van der Waals surface area (Å²) in [7, 11) is 4.00. The van der Waals surface area contributed by atoms with Crippen LogP contribution in [0.25, 0.3) is 17.0 Å². The Morgan fingerprint density at radius 2 is 1.97 bits per heavy atom. The molecule has 1 aliphatic carbocycles. The van der Waals surface area contributed by atoms with Crippen molar-refractivity contribution in [3.63, 3.8) is 0 Å². The summed E-state index contributed by atoms with van der Waals surface area (Å²) < 4.78 is 13.5. The highest BCUT2D eigenvalue weighted by Crippen LogP contribution is 2.47. The van der Waals surface area contributed by atoms with Crippen LogP contribution in [0.5, 0.6) is 5.88 Å². The van der Waals surface area contributed by atoms with Crippen molar-refractivity contribution in [3.05, 3.63) is 71.6 Å². The van der Waals surface area contributed by atoms with E-state index in [-0.39, 0.29) is 5.78 Å². The SMILES string of the molecule is CN(C)c1ccc(-c2nc3c4c(ncn3n2)OC2=C(C(=O)CCC2)C4c2ccco2)cc1. The fourth-order valence-electron chi connectivity index (χ4n) is 4.49. The molecule has 0 N–H and O–H groups in total. The molecule has 0 amide bonds. The van der Waals surface area contributed by atoms with Gasteiger partial charge in [-0.25, -0.2) is 14.5 Å². The van der Waals surface area contributed by atoms with Crippen molar-refractivity contribution in [1.29, 1.82) is 0 Å². The Morgan fingerprint density at radius 1 is 1.12 bits per heavy atom. The lowest BCUT2D eigenvalue weighted by atomic mass is 9.80. The van der Waals surface area contributed by atoms with Crippen LogP contribution >= 0.6 is 0 Å². The highest BCUT2D eigenvalue weighted by molar-refractivity contribution is 5.99. The summed E-state index contributed by atoms with van der Waals surface area (Å²) in [6, 6.07) is 11.8. The predicted octanol–water partition coefficient (Wildman–Crippen LogP) is 3.98. The number of carbonyl (C=O) groups excluding carboxylic acids is 1. The Kier molecular flexibility index (Phi) is 4.14. The third-order valence-electron chi connectivity index (χ3n) is 6.06. The van der Waals surface area contributed by atoms with Crippen LogP contribution in [-0.4, -0.2) is 39.5 Å². The van der Waals surface area contributed by atoms with E-state index in [0.29, 0.717) is 52.8 Å². The number of hydrogen-bond donors (Lipinski definition) is 0. The van der Waals surface area contributed by atoms with Gasteiger partial charge < -0.3 is 14.1 Å². The fraction of sp³-hybridized carbons (Fsp3) is 0.250. The molecule has 0 radical (unpaired) electrons. The summed E-state index contributed by atoms with van der Waals surface area (Å²) in [6.45, 7) is 0. The zero-order valence-electron chi connectivity index (χ0n) is 17.8. The molecule has 0 saturated carbocycles. The van der Waals surface area contributed by atoms with Crippen LogP contribution in [-0.2, 0) is 4.79 Å². The van der Waals surface area contributed by atoms with E-state index in [9.17, 15) is 4.79 Å². The summed E-state index contributed by atoms with van der Waals surface area (Å²) in [5, 5.41) is 4.65. The zero-order chi connectivity index (χ0) is 21.8. The maximum atomic E-state index is 12.9. The van der Waals surface area contributed by atoms with Gasteiger partial charge in [0.1, 0.15) is 17.8 Å². The number of ketones is 1. The summed E-state index contributed by atoms with van der Waals surface area (Å²) in [4.78, 5) is 24.3. The lowest BCUT2D eigenvalue weighted by Gasteiger charge is -2.30. The number of anilines is 1. The predicted molar refractivity (Wildman–Crippen MR) is 118 cm³/mol. The van der Waals surface area contributed by atoms with E-state index in [1.807, 2.05) is 55.4 Å². The molecular formula is C24H21N5O3. The molecule has 0 saturated heterocycles. The first kappa shape index (κ1) is 18.8. The van der Waals surface area contributed by atoms with Crippen molar-refractivity contribution in [2.45, 2.75) is 25.2 Å². The topological polar surface area (TPSA) is 85.8 Å². The van der Waals surface area contributed by atoms with Gasteiger partial charge in [-0.2, -0.15) is 0 Å². The van der Waals surface area contributed by atoms with Crippen LogP contribution in [0, 0.1) is 0 Å². The normalized spacial score (nSPS) is 17.8. The maximum absolute atomic E-state index is 12.9. The molecular weight excluding hydrogens is 406 g/mol. The molecule has 2 aliphatic rings. The summed E-state index contributed by atoms with van der Waals surface area (Å²) in [5.41, 5.74) is 3.95. The lowest BCUT2D eigenvalue weighted by Crippen LogP contribution is -2.26. The Hall–Kier alpha value is -3.94. The standard InChI is InChI=1S/C24H21N5O3/c1-28(2)15-10-8-14(9-11-15)22-26-23-21-20(17-7-4-12-31-17)19-16(30)5-3-6-18(19)32-24(21)25-13-29(23)27-22/h4,7-13,20H,3,5-6H2,1-2H3. The monoisotopic (exact) mass is 427 g/mol. The molecule has 0 bridgehead atoms. The van der Waals surface area contributed by atoms with Crippen LogP contribution in [0.4, 0.5) is 5.69 Å². The highest BCUT2D eigenvalue weighted by Gasteiger charge is 2.40. The molecule has 4 aromatic rings. The van der Waals surface area contributed by atoms with E-state index in [0.717, 1.165) is 17.7 Å². The van der Waals surface area contributed by atoms with Crippen LogP contribution in [0.3, 0.4) is 0 Å². The molecule has 1 atom stereocenters. The van der Waals surface area contributed by atoms with Gasteiger partial charge in [0.25, 0.3) is 0 Å². The Bertz CT molecular complexity index is 1370. The van der Waals surface area contributed by atoms with Gasteiger partial charge in [0.05, 0.1) is 17.7 Å². The van der Waals surface area contributed by atoms with Crippen LogP contribution < -0.4 is 9.64 Å². The van der Waals surface area contributed by atoms with E-state index >= 15 is 0 Å². The van der Waals surface area contributed by atoms with Crippen molar-refractivity contribution in [2.24, 2.45) is 0 Å². The average molecular weight is 427 g/mol. The minimum Gasteiger partial charge on any atom is -0.468 e. The minimum absolute atomic E-state index is 0.0827. The number of allylic oxidation sites excluding steroid dienone is 2. The summed E-state index contributed by atoms with van der Waals surface area (Å²) in [6.07, 6.45) is 5.21. The van der Waals surface area contributed by atoms with Gasteiger partial charge in [-0.3, -0.25) is 4.79 Å². The van der Waals surface area contributed by atoms with Crippen molar-refractivity contribution in [3.8, 4) is 17.3 Å². The Balaban J connectivity index is 1.54. The fourth-order valence-corrected chi connectivity index (χ4v) is 4.49. The highest BCUT2D eigenvalue weighted by atomic mass is 16.5. The molecule has 8 heteroatoms. The van der Waals surface area contributed by atoms with Gasteiger partial charge in [-0.1, -0.05) is 0 Å². The molecule has 1 aromatic carbocycles. The number of furan rings is 1. The maximum Gasteiger partial charge on any atom is 0.228 e. The number of benzene rings is 1. The third kappa shape index (κ3) is 2.83. The number of ether oxygens (including phenoxy) is 1. The molecule has 0 spiro atoms. The molecule has 6 rings (SSSR count). The average Bonchev–Trinajstić information content (AvgIpc) is 3.48. The van der Waals surface area contributed by atoms with Gasteiger partial charge in [0.2, 0.25) is 5.88 Å². The van der Waals surface area contributed by atoms with Crippen LogP contribution in [0.15, 0.2) is 64.7 Å². The number of Topliss-reactive ketones (excluding diaryl/α,β-unsaturated/α-hetero) is 1. The van der Waals surface area contributed by atoms with E-state index in [1.54, 1.807) is 17.1 Å². The first-order chi connectivity index (χ1) is 15.6. The number of hydrogen-bond acceptors (Lipinski definition) is 7. The molecule has 1 unspecified atom stereocenters. The smallest absolute Gasteiger partial charge is 0.228 e. The van der Waals surface area contributed by atoms with Crippen molar-refractivity contribution < 1.29 is 13.9 Å². The lowest BCUT2D eigenvalue weighted by molar-refractivity contribution is -0.116. The molecule has 1 aliphatic heterocycles. The summed E-state index contributed by atoms with van der Waals surface area (Å²) >= 11 is 0. The number of aromatic nitrogens is 4. The second kappa shape index (κ2) is 7.05. The largest absolute Gasteiger partial charge is 0.468 e. The van der Waals surface area contributed by atoms with Crippen LogP contribution in [0.2, 0.25) is 0 Å². The minimum atomic E-state index is -0.416. The first-order valence-corrected chi connectivity index (χ1v) is 10.6. The molecule has 8 nitrogen and oxygen atoms in total. The van der Waals surface area contributed by atoms with Crippen molar-refractivity contribution in [2.75, 3.05) is 19.0 Å². The van der Waals surface area contributed by atoms with E-state index in [4.69, 9.17) is 14.1 Å². The first-order valence-electron chi connectivity index (χ1n) is 10.6. The van der Waals surface area contributed by atoms with Crippen molar-refractivity contribution in [1.82, 2.24) is 19.6 Å². The van der Waals surface area contributed by atoms with Gasteiger partial charge in [-0.15, -0.1) is 5.10 Å². The van der Waals surface area contributed by atoms with Gasteiger partial charge >= 0.3 is 0 Å². The third-order valence-corrected chi connectivity index (χ3v) is 6.06. The van der Waals surface area contributed by atoms with E-state index < -0.39 is 5.92 Å². The summed E-state index contributed by atoms with van der Waals surface area (Å²) in [5.74, 6) is 2.06. The van der Waals surface area contributed by atoms with Crippen LogP contribution in [0.1, 0.15) is 36.5 Å². The van der Waals surface area contributed by atoms with Gasteiger partial charge in [0, 0.05) is 43.8 Å². The second-order valence-corrected chi connectivity index (χ2v) is 8.27. The number of rotatable bonds is 3. The molecule has 4 heterocycles. The second-order valence-electron chi connectivity index (χ2n) is 8.27. The zero-order valence-corrected chi connectivity index (χ0v) is 17.8. The molecule has 32 heavy (non-hydrogen) atoms. The number of carbonyl (C=O) groups is 1. The molecule has 160 valence electrons.